The minimum Gasteiger partial charge on any atom is -0.444 e. The molecule has 0 N–H and O–H groups in total. The molecule has 0 aliphatic rings. The molecule has 0 heterocycles. The number of hydrogen-bond donors (Lipinski definition) is 0. The van der Waals surface area contributed by atoms with Crippen molar-refractivity contribution in [1.82, 2.24) is 4.90 Å². The SMILES string of the molecule is CC(C)N(C(=O)OCc1ccccc1[N+](=O)[O-])C(C)C. The molecule has 0 unspecified atom stereocenters. The highest BCUT2D eigenvalue weighted by Gasteiger charge is 2.22. The van der Waals surface area contributed by atoms with Gasteiger partial charge in [-0.05, 0) is 33.8 Å². The molecule has 0 bridgehead atoms. The summed E-state index contributed by atoms with van der Waals surface area (Å²) in [7, 11) is 0. The Morgan fingerprint density at radius 2 is 1.80 bits per heavy atom. The monoisotopic (exact) mass is 280 g/mol. The number of nitrogens with zero attached hydrogens (tertiary/aromatic N) is 2. The molecule has 0 aliphatic carbocycles. The molecule has 0 atom stereocenters. The van der Waals surface area contributed by atoms with Crippen LogP contribution in [0.2, 0.25) is 0 Å². The van der Waals surface area contributed by atoms with Crippen LogP contribution in [0, 0.1) is 10.1 Å². The van der Waals surface area contributed by atoms with E-state index in [1.807, 2.05) is 27.7 Å². The summed E-state index contributed by atoms with van der Waals surface area (Å²) in [6, 6.07) is 6.25. The van der Waals surface area contributed by atoms with E-state index in [0.29, 0.717) is 5.56 Å². The molecule has 20 heavy (non-hydrogen) atoms. The largest absolute Gasteiger partial charge is 0.444 e. The van der Waals surface area contributed by atoms with Crippen molar-refractivity contribution in [2.24, 2.45) is 0 Å². The van der Waals surface area contributed by atoms with Gasteiger partial charge in [0.1, 0.15) is 6.61 Å². The summed E-state index contributed by atoms with van der Waals surface area (Å²) in [6.45, 7) is 7.48. The molecule has 0 aromatic heterocycles. The summed E-state index contributed by atoms with van der Waals surface area (Å²) in [4.78, 5) is 24.0. The van der Waals surface area contributed by atoms with Crippen LogP contribution >= 0.6 is 0 Å². The first-order valence-electron chi connectivity index (χ1n) is 6.52. The van der Waals surface area contributed by atoms with Gasteiger partial charge in [0.15, 0.2) is 0 Å². The van der Waals surface area contributed by atoms with Crippen molar-refractivity contribution >= 4 is 11.8 Å². The van der Waals surface area contributed by atoms with Crippen LogP contribution in [-0.2, 0) is 11.3 Å². The number of nitro benzene ring substituents is 1. The third-order valence-corrected chi connectivity index (χ3v) is 2.86. The predicted octanol–water partition coefficient (Wildman–Crippen LogP) is 3.35. The van der Waals surface area contributed by atoms with Crippen LogP contribution in [-0.4, -0.2) is 28.0 Å². The summed E-state index contributed by atoms with van der Waals surface area (Å²) >= 11 is 0. The van der Waals surface area contributed by atoms with E-state index in [1.165, 1.54) is 6.07 Å². The molecule has 0 aliphatic heterocycles. The zero-order valence-electron chi connectivity index (χ0n) is 12.2. The Kier molecular flexibility index (Phi) is 5.49. The Morgan fingerprint density at radius 1 is 1.25 bits per heavy atom. The molecule has 0 saturated carbocycles. The zero-order chi connectivity index (χ0) is 15.3. The first-order valence-corrected chi connectivity index (χ1v) is 6.52. The van der Waals surface area contributed by atoms with E-state index in [2.05, 4.69) is 0 Å². The van der Waals surface area contributed by atoms with Crippen molar-refractivity contribution in [3.63, 3.8) is 0 Å². The lowest BCUT2D eigenvalue weighted by molar-refractivity contribution is -0.385. The summed E-state index contributed by atoms with van der Waals surface area (Å²) in [5.41, 5.74) is 0.347. The minimum absolute atomic E-state index is 0.00765. The first kappa shape index (κ1) is 15.9. The second-order valence-electron chi connectivity index (χ2n) is 5.04. The summed E-state index contributed by atoms with van der Waals surface area (Å²) in [5, 5.41) is 10.9. The summed E-state index contributed by atoms with van der Waals surface area (Å²) in [6.07, 6.45) is -0.465. The molecule has 0 spiro atoms. The van der Waals surface area contributed by atoms with Gasteiger partial charge in [-0.2, -0.15) is 0 Å². The van der Waals surface area contributed by atoms with Crippen LogP contribution < -0.4 is 0 Å². The molecule has 6 nitrogen and oxygen atoms in total. The third-order valence-electron chi connectivity index (χ3n) is 2.86. The van der Waals surface area contributed by atoms with E-state index < -0.39 is 11.0 Å². The Balaban J connectivity index is 2.77. The van der Waals surface area contributed by atoms with Crippen molar-refractivity contribution in [3.05, 3.63) is 39.9 Å². The Hall–Kier alpha value is -2.11. The minimum atomic E-state index is -0.480. The Bertz CT molecular complexity index is 478. The number of rotatable bonds is 5. The lowest BCUT2D eigenvalue weighted by Crippen LogP contribution is -2.42. The Labute approximate surface area is 118 Å². The van der Waals surface area contributed by atoms with Gasteiger partial charge in [-0.25, -0.2) is 4.79 Å². The maximum atomic E-state index is 12.0. The van der Waals surface area contributed by atoms with Crippen LogP contribution in [0.1, 0.15) is 33.3 Å². The number of carbonyl (C=O) groups excluding carboxylic acids is 1. The fourth-order valence-electron chi connectivity index (χ4n) is 2.04. The molecule has 0 fully saturated rings. The standard InChI is InChI=1S/C14H20N2O4/c1-10(2)15(11(3)4)14(17)20-9-12-7-5-6-8-13(12)16(18)19/h5-8,10-11H,9H2,1-4H3. The maximum absolute atomic E-state index is 12.0. The van der Waals surface area contributed by atoms with Crippen LogP contribution in [0.4, 0.5) is 10.5 Å². The lowest BCUT2D eigenvalue weighted by atomic mass is 10.2. The molecule has 110 valence electrons. The number of nitro groups is 1. The molecule has 1 rings (SSSR count). The molecule has 0 saturated heterocycles. The normalized spacial score (nSPS) is 10.7. The van der Waals surface area contributed by atoms with Crippen LogP contribution in [0.15, 0.2) is 24.3 Å². The maximum Gasteiger partial charge on any atom is 0.410 e. The van der Waals surface area contributed by atoms with Gasteiger partial charge < -0.3 is 9.64 Å². The Morgan fingerprint density at radius 3 is 2.30 bits per heavy atom. The van der Waals surface area contributed by atoms with Gasteiger partial charge in [-0.15, -0.1) is 0 Å². The van der Waals surface area contributed by atoms with E-state index in [4.69, 9.17) is 4.74 Å². The smallest absolute Gasteiger partial charge is 0.410 e. The fourth-order valence-corrected chi connectivity index (χ4v) is 2.04. The van der Waals surface area contributed by atoms with Crippen molar-refractivity contribution < 1.29 is 14.5 Å². The molecular formula is C14H20N2O4. The van der Waals surface area contributed by atoms with Gasteiger partial charge >= 0.3 is 6.09 Å². The topological polar surface area (TPSA) is 72.7 Å². The third kappa shape index (κ3) is 3.94. The average molecular weight is 280 g/mol. The van der Waals surface area contributed by atoms with E-state index >= 15 is 0 Å². The van der Waals surface area contributed by atoms with Crippen LogP contribution in [0.5, 0.6) is 0 Å². The van der Waals surface area contributed by atoms with Gasteiger partial charge in [0.05, 0.1) is 10.5 Å². The number of para-hydroxylation sites is 1. The van der Waals surface area contributed by atoms with E-state index in [1.54, 1.807) is 23.1 Å². The van der Waals surface area contributed by atoms with Crippen molar-refractivity contribution in [2.45, 2.75) is 46.4 Å². The second kappa shape index (κ2) is 6.88. The van der Waals surface area contributed by atoms with Gasteiger partial charge in [-0.1, -0.05) is 12.1 Å². The molecule has 0 radical (unpaired) electrons. The van der Waals surface area contributed by atoms with Gasteiger partial charge in [0, 0.05) is 18.2 Å². The fraction of sp³-hybridized carbons (Fsp3) is 0.500. The highest BCUT2D eigenvalue weighted by atomic mass is 16.6. The zero-order valence-corrected chi connectivity index (χ0v) is 12.2. The average Bonchev–Trinajstić information content (AvgIpc) is 2.35. The highest BCUT2D eigenvalue weighted by Crippen LogP contribution is 2.19. The summed E-state index contributed by atoms with van der Waals surface area (Å²) < 4.78 is 5.19. The van der Waals surface area contributed by atoms with E-state index in [9.17, 15) is 14.9 Å². The molecule has 1 amide bonds. The van der Waals surface area contributed by atoms with Crippen LogP contribution in [0.25, 0.3) is 0 Å². The number of ether oxygens (including phenoxy) is 1. The van der Waals surface area contributed by atoms with Gasteiger partial charge in [0.25, 0.3) is 5.69 Å². The second-order valence-corrected chi connectivity index (χ2v) is 5.04. The quantitative estimate of drug-likeness (QED) is 0.612. The van der Waals surface area contributed by atoms with Crippen molar-refractivity contribution in [1.29, 1.82) is 0 Å². The van der Waals surface area contributed by atoms with Crippen LogP contribution in [0.3, 0.4) is 0 Å². The number of benzene rings is 1. The molecule has 6 heteroatoms. The van der Waals surface area contributed by atoms with Gasteiger partial charge in [-0.3, -0.25) is 10.1 Å². The highest BCUT2D eigenvalue weighted by molar-refractivity contribution is 5.68. The first-order chi connectivity index (χ1) is 9.34. The van der Waals surface area contributed by atoms with Crippen molar-refractivity contribution in [2.75, 3.05) is 0 Å². The van der Waals surface area contributed by atoms with Crippen molar-refractivity contribution in [3.8, 4) is 0 Å². The molecule has 1 aromatic carbocycles. The lowest BCUT2D eigenvalue weighted by Gasteiger charge is -2.29. The van der Waals surface area contributed by atoms with E-state index in [0.717, 1.165) is 0 Å². The number of hydrogen-bond acceptors (Lipinski definition) is 4. The number of carbonyl (C=O) groups is 1. The molecule has 1 aromatic rings. The van der Waals surface area contributed by atoms with E-state index in [-0.39, 0.29) is 24.4 Å². The summed E-state index contributed by atoms with van der Waals surface area (Å²) in [5.74, 6) is 0. The predicted molar refractivity (Wildman–Crippen MR) is 75.4 cm³/mol. The number of amides is 1. The van der Waals surface area contributed by atoms with Gasteiger partial charge in [0.2, 0.25) is 0 Å². The molecular weight excluding hydrogens is 260 g/mol.